The van der Waals surface area contributed by atoms with E-state index in [2.05, 4.69) is 4.74 Å². The van der Waals surface area contributed by atoms with Gasteiger partial charge in [-0.2, -0.15) is 0 Å². The largest absolute Gasteiger partial charge is 0.467 e. The Morgan fingerprint density at radius 2 is 1.75 bits per heavy atom. The molecule has 0 radical (unpaired) electrons. The first-order valence-electron chi connectivity index (χ1n) is 7.76. The molecule has 1 aliphatic carbocycles. The van der Waals surface area contributed by atoms with E-state index in [0.717, 1.165) is 12.7 Å². The van der Waals surface area contributed by atoms with Gasteiger partial charge in [0.25, 0.3) is 0 Å². The van der Waals surface area contributed by atoms with Gasteiger partial charge in [0.2, 0.25) is 0 Å². The Morgan fingerprint density at radius 3 is 2.29 bits per heavy atom. The summed E-state index contributed by atoms with van der Waals surface area (Å²) in [6.45, 7) is 0. The van der Waals surface area contributed by atoms with Crippen molar-refractivity contribution in [2.24, 2.45) is 0 Å². The third-order valence-electron chi connectivity index (χ3n) is 4.15. The van der Waals surface area contributed by atoms with Crippen molar-refractivity contribution in [3.63, 3.8) is 0 Å². The smallest absolute Gasteiger partial charge is 0.338 e. The molecule has 1 saturated carbocycles. The number of esters is 2. The van der Waals surface area contributed by atoms with Gasteiger partial charge in [-0.1, -0.05) is 30.3 Å². The van der Waals surface area contributed by atoms with Crippen LogP contribution in [0.2, 0.25) is 0 Å². The van der Waals surface area contributed by atoms with E-state index in [1.54, 1.807) is 0 Å². The van der Waals surface area contributed by atoms with Gasteiger partial charge in [0, 0.05) is 19.3 Å². The number of rotatable bonds is 5. The Morgan fingerprint density at radius 1 is 1.17 bits per heavy atom. The Balaban J connectivity index is 1.90. The molecule has 24 heavy (non-hydrogen) atoms. The molecule has 1 aromatic carbocycles. The van der Waals surface area contributed by atoms with Gasteiger partial charge in [0.05, 0.1) is 19.3 Å². The molecule has 0 bridgehead atoms. The van der Waals surface area contributed by atoms with Gasteiger partial charge < -0.3 is 24.8 Å². The molecule has 132 valence electrons. The first-order chi connectivity index (χ1) is 11.4. The summed E-state index contributed by atoms with van der Waals surface area (Å²) in [7, 11) is 1.11. The Kier molecular flexibility index (Phi) is 5.93. The number of carbonyl (C=O) groups excluding carboxylic acids is 2. The second kappa shape index (κ2) is 7.74. The molecule has 0 spiro atoms. The summed E-state index contributed by atoms with van der Waals surface area (Å²) >= 11 is 0. The van der Waals surface area contributed by atoms with Gasteiger partial charge in [0.1, 0.15) is 0 Å². The van der Waals surface area contributed by atoms with Crippen LogP contribution in [0, 0.1) is 0 Å². The zero-order valence-corrected chi connectivity index (χ0v) is 13.4. The van der Waals surface area contributed by atoms with Gasteiger partial charge in [0.15, 0.2) is 11.7 Å². The van der Waals surface area contributed by atoms with Gasteiger partial charge >= 0.3 is 11.9 Å². The second-order valence-corrected chi connectivity index (χ2v) is 6.01. The lowest BCUT2D eigenvalue weighted by atomic mass is 9.79. The fourth-order valence-electron chi connectivity index (χ4n) is 2.88. The molecule has 0 aromatic heterocycles. The van der Waals surface area contributed by atoms with Gasteiger partial charge in [-0.25, -0.2) is 4.79 Å². The van der Waals surface area contributed by atoms with Crippen LogP contribution in [0.4, 0.5) is 0 Å². The van der Waals surface area contributed by atoms with Crippen LogP contribution in [0.15, 0.2) is 30.3 Å². The third-order valence-corrected chi connectivity index (χ3v) is 4.15. The Bertz CT molecular complexity index is 560. The lowest BCUT2D eigenvalue weighted by Gasteiger charge is -2.39. The highest BCUT2D eigenvalue weighted by Crippen LogP contribution is 2.32. The molecule has 2 rings (SSSR count). The average Bonchev–Trinajstić information content (AvgIpc) is 2.56. The molecular formula is C17H22O7. The number of hydrogen-bond acceptors (Lipinski definition) is 7. The topological polar surface area (TPSA) is 113 Å². The van der Waals surface area contributed by atoms with E-state index in [1.807, 2.05) is 30.3 Å². The van der Waals surface area contributed by atoms with E-state index in [9.17, 15) is 24.9 Å². The van der Waals surface area contributed by atoms with Crippen molar-refractivity contribution in [1.82, 2.24) is 0 Å². The lowest BCUT2D eigenvalue weighted by molar-refractivity contribution is -0.200. The van der Waals surface area contributed by atoms with E-state index >= 15 is 0 Å². The maximum absolute atomic E-state index is 11.9. The number of ether oxygens (including phenoxy) is 2. The SMILES string of the molecule is COC(=O)C1(O)C[C@@H](O)C(OC(=O)CCc2ccccc2)[C@H](O)C1. The summed E-state index contributed by atoms with van der Waals surface area (Å²) in [5, 5.41) is 30.2. The lowest BCUT2D eigenvalue weighted by Crippen LogP contribution is -2.57. The van der Waals surface area contributed by atoms with Crippen LogP contribution >= 0.6 is 0 Å². The van der Waals surface area contributed by atoms with E-state index in [4.69, 9.17) is 4.74 Å². The molecule has 3 N–H and O–H groups in total. The third kappa shape index (κ3) is 4.31. The molecule has 7 heteroatoms. The van der Waals surface area contributed by atoms with Gasteiger partial charge in [-0.05, 0) is 12.0 Å². The molecule has 2 atom stereocenters. The van der Waals surface area contributed by atoms with Crippen molar-refractivity contribution in [3.8, 4) is 0 Å². The van der Waals surface area contributed by atoms with E-state index in [1.165, 1.54) is 0 Å². The Hall–Kier alpha value is -1.96. The van der Waals surface area contributed by atoms with Crippen LogP contribution in [-0.2, 0) is 25.5 Å². The molecule has 1 aliphatic rings. The average molecular weight is 338 g/mol. The zero-order valence-electron chi connectivity index (χ0n) is 13.4. The number of carbonyl (C=O) groups is 2. The van der Waals surface area contributed by atoms with Gasteiger partial charge in [-0.15, -0.1) is 0 Å². The molecule has 1 fully saturated rings. The van der Waals surface area contributed by atoms with Crippen LogP contribution in [0.1, 0.15) is 24.8 Å². The number of benzene rings is 1. The molecule has 0 heterocycles. The predicted octanol–water partition coefficient (Wildman–Crippen LogP) is -0.0493. The van der Waals surface area contributed by atoms with Crippen LogP contribution < -0.4 is 0 Å². The van der Waals surface area contributed by atoms with Crippen LogP contribution in [0.25, 0.3) is 0 Å². The molecule has 0 amide bonds. The summed E-state index contributed by atoms with van der Waals surface area (Å²) < 4.78 is 9.62. The van der Waals surface area contributed by atoms with Crippen molar-refractivity contribution in [2.75, 3.05) is 7.11 Å². The van der Waals surface area contributed by atoms with E-state index < -0.39 is 35.9 Å². The summed E-state index contributed by atoms with van der Waals surface area (Å²) in [4.78, 5) is 23.5. The monoisotopic (exact) mass is 338 g/mol. The minimum absolute atomic E-state index is 0.0984. The van der Waals surface area contributed by atoms with Crippen LogP contribution in [0.3, 0.4) is 0 Å². The molecule has 0 aliphatic heterocycles. The first kappa shape index (κ1) is 18.4. The van der Waals surface area contributed by atoms with Crippen LogP contribution in [-0.4, -0.2) is 58.3 Å². The number of aliphatic hydroxyl groups is 3. The quantitative estimate of drug-likeness (QED) is 0.645. The molecule has 0 unspecified atom stereocenters. The number of aliphatic hydroxyl groups excluding tert-OH is 2. The van der Waals surface area contributed by atoms with Crippen molar-refractivity contribution < 1.29 is 34.4 Å². The standard InChI is InChI=1S/C17H22O7/c1-23-16(21)17(22)9-12(18)15(13(19)10-17)24-14(20)8-7-11-5-3-2-4-6-11/h2-6,12-13,15,18-19,22H,7-10H2,1H3/t12-,13-,15?,17?/m1/s1. The van der Waals surface area contributed by atoms with E-state index in [0.29, 0.717) is 6.42 Å². The predicted molar refractivity (Wildman–Crippen MR) is 82.9 cm³/mol. The van der Waals surface area contributed by atoms with Gasteiger partial charge in [-0.3, -0.25) is 4.79 Å². The molecule has 0 saturated heterocycles. The molecule has 1 aromatic rings. The number of aryl methyl sites for hydroxylation is 1. The summed E-state index contributed by atoms with van der Waals surface area (Å²) in [5.41, 5.74) is -1.01. The van der Waals surface area contributed by atoms with Crippen LogP contribution in [0.5, 0.6) is 0 Å². The minimum Gasteiger partial charge on any atom is -0.467 e. The fraction of sp³-hybridized carbons (Fsp3) is 0.529. The molecular weight excluding hydrogens is 316 g/mol. The fourth-order valence-corrected chi connectivity index (χ4v) is 2.88. The highest BCUT2D eigenvalue weighted by Gasteiger charge is 2.50. The molecule has 7 nitrogen and oxygen atoms in total. The van der Waals surface area contributed by atoms with Crippen molar-refractivity contribution in [2.45, 2.75) is 49.6 Å². The highest BCUT2D eigenvalue weighted by atomic mass is 16.6. The summed E-state index contributed by atoms with van der Waals surface area (Å²) in [5.74, 6) is -1.50. The number of methoxy groups -OCH3 is 1. The summed E-state index contributed by atoms with van der Waals surface area (Å²) in [6, 6.07) is 9.37. The highest BCUT2D eigenvalue weighted by molar-refractivity contribution is 5.79. The zero-order chi connectivity index (χ0) is 17.7. The first-order valence-corrected chi connectivity index (χ1v) is 7.76. The minimum atomic E-state index is -1.99. The second-order valence-electron chi connectivity index (χ2n) is 6.01. The van der Waals surface area contributed by atoms with Crippen molar-refractivity contribution >= 4 is 11.9 Å². The summed E-state index contributed by atoms with van der Waals surface area (Å²) in [6.07, 6.45) is -4.07. The maximum atomic E-state index is 11.9. The number of hydrogen-bond donors (Lipinski definition) is 3. The normalized spacial score (nSPS) is 29.8. The Labute approximate surface area is 139 Å². The maximum Gasteiger partial charge on any atom is 0.338 e. The van der Waals surface area contributed by atoms with E-state index in [-0.39, 0.29) is 19.3 Å². The van der Waals surface area contributed by atoms with Crippen molar-refractivity contribution in [3.05, 3.63) is 35.9 Å². The van der Waals surface area contributed by atoms with Crippen molar-refractivity contribution in [1.29, 1.82) is 0 Å².